The molecule has 3 aromatic rings. The Labute approximate surface area is 176 Å². The fraction of sp³-hybridized carbons (Fsp3) is 0.240. The minimum atomic E-state index is -0.905. The van der Waals surface area contributed by atoms with Crippen molar-refractivity contribution < 1.29 is 19.0 Å². The van der Waals surface area contributed by atoms with E-state index in [9.17, 15) is 4.79 Å². The topological polar surface area (TPSA) is 48.0 Å². The van der Waals surface area contributed by atoms with Crippen molar-refractivity contribution in [2.24, 2.45) is 0 Å². The summed E-state index contributed by atoms with van der Waals surface area (Å²) >= 11 is 0. The van der Waals surface area contributed by atoms with Crippen molar-refractivity contribution in [3.63, 3.8) is 0 Å². The molecule has 5 heteroatoms. The van der Waals surface area contributed by atoms with Crippen LogP contribution in [0.4, 0.5) is 11.4 Å². The third kappa shape index (κ3) is 3.21. The molecular formula is C25H25NO4. The summed E-state index contributed by atoms with van der Waals surface area (Å²) in [5.41, 5.74) is 1.73. The zero-order chi connectivity index (χ0) is 21.1. The van der Waals surface area contributed by atoms with E-state index in [4.69, 9.17) is 14.2 Å². The van der Waals surface area contributed by atoms with Crippen LogP contribution in [-0.4, -0.2) is 25.8 Å². The number of ether oxygens (including phenoxy) is 3. The molecule has 4 rings (SSSR count). The van der Waals surface area contributed by atoms with Gasteiger partial charge < -0.3 is 19.1 Å². The largest absolute Gasteiger partial charge is 0.464 e. The first-order chi connectivity index (χ1) is 14.6. The first kappa shape index (κ1) is 20.0. The second-order valence-corrected chi connectivity index (χ2v) is 7.25. The van der Waals surface area contributed by atoms with Crippen molar-refractivity contribution in [3.05, 3.63) is 84.4 Å². The summed E-state index contributed by atoms with van der Waals surface area (Å²) in [5, 5.41) is 0. The number of fused-ring (bicyclic) bond motifs is 2. The number of carbonyl (C=O) groups is 1. The third-order valence-electron chi connectivity index (χ3n) is 5.50. The number of rotatable bonds is 6. The van der Waals surface area contributed by atoms with E-state index >= 15 is 0 Å². The molecule has 5 nitrogen and oxygen atoms in total. The minimum absolute atomic E-state index is 0.278. The average Bonchev–Trinajstić information content (AvgIpc) is 2.78. The van der Waals surface area contributed by atoms with E-state index in [1.165, 1.54) is 0 Å². The van der Waals surface area contributed by atoms with E-state index < -0.39 is 17.6 Å². The molecule has 0 radical (unpaired) electrons. The molecule has 0 spiro atoms. The summed E-state index contributed by atoms with van der Waals surface area (Å²) in [6.07, 6.45) is -0.876. The SMILES string of the molecule is CCOC(=O)C(OC)C(C)(c1ccccc1)N1c2ccccc2Oc2ccccc21. The fourth-order valence-corrected chi connectivity index (χ4v) is 4.15. The van der Waals surface area contributed by atoms with Crippen molar-refractivity contribution in [2.45, 2.75) is 25.5 Å². The Kier molecular flexibility index (Phi) is 5.46. The van der Waals surface area contributed by atoms with Gasteiger partial charge in [0.25, 0.3) is 0 Å². The van der Waals surface area contributed by atoms with Gasteiger partial charge in [-0.25, -0.2) is 4.79 Å². The lowest BCUT2D eigenvalue weighted by molar-refractivity contribution is -0.159. The van der Waals surface area contributed by atoms with Gasteiger partial charge in [-0.3, -0.25) is 0 Å². The Morgan fingerprint density at radius 1 is 0.933 bits per heavy atom. The highest BCUT2D eigenvalue weighted by atomic mass is 16.6. The normalized spacial score (nSPS) is 15.2. The monoisotopic (exact) mass is 403 g/mol. The number of esters is 1. The van der Waals surface area contributed by atoms with Crippen molar-refractivity contribution in [3.8, 4) is 11.5 Å². The number of hydrogen-bond donors (Lipinski definition) is 0. The molecule has 2 unspecified atom stereocenters. The zero-order valence-electron chi connectivity index (χ0n) is 17.4. The van der Waals surface area contributed by atoms with Crippen LogP contribution in [0.5, 0.6) is 11.5 Å². The summed E-state index contributed by atoms with van der Waals surface area (Å²) in [7, 11) is 1.54. The van der Waals surface area contributed by atoms with E-state index in [1.807, 2.05) is 85.8 Å². The summed E-state index contributed by atoms with van der Waals surface area (Å²) in [4.78, 5) is 15.2. The van der Waals surface area contributed by atoms with Gasteiger partial charge in [0, 0.05) is 7.11 Å². The van der Waals surface area contributed by atoms with Crippen LogP contribution in [-0.2, 0) is 19.8 Å². The number of methoxy groups -OCH3 is 1. The number of nitrogens with zero attached hydrogens (tertiary/aromatic N) is 1. The standard InChI is InChI=1S/C25H25NO4/c1-4-29-24(27)23(28-3)25(2,18-12-6-5-7-13-18)26-19-14-8-10-16-21(19)30-22-17-11-9-15-20(22)26/h5-17,23H,4H2,1-3H3. The second-order valence-electron chi connectivity index (χ2n) is 7.25. The number of anilines is 2. The molecule has 2 atom stereocenters. The van der Waals surface area contributed by atoms with Crippen LogP contribution in [0.1, 0.15) is 19.4 Å². The summed E-state index contributed by atoms with van der Waals surface area (Å²) in [5.74, 6) is 1.03. The maximum Gasteiger partial charge on any atom is 0.338 e. The molecule has 154 valence electrons. The van der Waals surface area contributed by atoms with Crippen LogP contribution in [0, 0.1) is 0 Å². The number of carbonyl (C=O) groups excluding carboxylic acids is 1. The zero-order valence-corrected chi connectivity index (χ0v) is 17.4. The lowest BCUT2D eigenvalue weighted by Gasteiger charge is -2.48. The molecule has 3 aromatic carbocycles. The molecule has 1 aliphatic heterocycles. The third-order valence-corrected chi connectivity index (χ3v) is 5.50. The Morgan fingerprint density at radius 3 is 2.00 bits per heavy atom. The predicted molar refractivity (Wildman–Crippen MR) is 116 cm³/mol. The van der Waals surface area contributed by atoms with Crippen molar-refractivity contribution in [2.75, 3.05) is 18.6 Å². The van der Waals surface area contributed by atoms with E-state index in [0.717, 1.165) is 28.4 Å². The van der Waals surface area contributed by atoms with Gasteiger partial charge >= 0.3 is 5.97 Å². The summed E-state index contributed by atoms with van der Waals surface area (Å²) in [6.45, 7) is 4.08. The molecule has 1 heterocycles. The van der Waals surface area contributed by atoms with Gasteiger partial charge in [-0.05, 0) is 43.7 Å². The minimum Gasteiger partial charge on any atom is -0.464 e. The van der Waals surface area contributed by atoms with Gasteiger partial charge in [0.05, 0.1) is 18.0 Å². The average molecular weight is 403 g/mol. The Morgan fingerprint density at radius 2 is 1.47 bits per heavy atom. The maximum absolute atomic E-state index is 13.1. The predicted octanol–water partition coefficient (Wildman–Crippen LogP) is 5.42. The van der Waals surface area contributed by atoms with E-state index in [1.54, 1.807) is 14.0 Å². The van der Waals surface area contributed by atoms with Gasteiger partial charge in [0.2, 0.25) is 0 Å². The highest BCUT2D eigenvalue weighted by Crippen LogP contribution is 2.53. The molecule has 0 aliphatic carbocycles. The van der Waals surface area contributed by atoms with Gasteiger partial charge in [-0.1, -0.05) is 54.6 Å². The van der Waals surface area contributed by atoms with Gasteiger partial charge in [0.1, 0.15) is 5.54 Å². The number of benzene rings is 3. The van der Waals surface area contributed by atoms with Crippen molar-refractivity contribution >= 4 is 17.3 Å². The fourth-order valence-electron chi connectivity index (χ4n) is 4.15. The lowest BCUT2D eigenvalue weighted by atomic mass is 9.82. The van der Waals surface area contributed by atoms with Crippen LogP contribution in [0.15, 0.2) is 78.9 Å². The summed E-state index contributed by atoms with van der Waals surface area (Å²) in [6, 6.07) is 25.5. The molecule has 0 saturated carbocycles. The van der Waals surface area contributed by atoms with E-state index in [-0.39, 0.29) is 6.61 Å². The molecule has 0 amide bonds. The van der Waals surface area contributed by atoms with Crippen LogP contribution >= 0.6 is 0 Å². The maximum atomic E-state index is 13.1. The first-order valence-electron chi connectivity index (χ1n) is 10.0. The van der Waals surface area contributed by atoms with Crippen LogP contribution in [0.3, 0.4) is 0 Å². The van der Waals surface area contributed by atoms with Crippen LogP contribution < -0.4 is 9.64 Å². The summed E-state index contributed by atoms with van der Waals surface area (Å²) < 4.78 is 17.4. The molecule has 0 bridgehead atoms. The van der Waals surface area contributed by atoms with Gasteiger partial charge in [0.15, 0.2) is 17.6 Å². The smallest absolute Gasteiger partial charge is 0.338 e. The first-order valence-corrected chi connectivity index (χ1v) is 10.0. The van der Waals surface area contributed by atoms with Crippen LogP contribution in [0.2, 0.25) is 0 Å². The van der Waals surface area contributed by atoms with Gasteiger partial charge in [-0.15, -0.1) is 0 Å². The van der Waals surface area contributed by atoms with E-state index in [2.05, 4.69) is 4.90 Å². The molecule has 0 N–H and O–H groups in total. The Bertz CT molecular complexity index is 991. The molecule has 0 fully saturated rings. The molecule has 0 saturated heterocycles. The second kappa shape index (κ2) is 8.20. The lowest BCUT2D eigenvalue weighted by Crippen LogP contribution is -2.55. The Hall–Kier alpha value is -3.31. The highest BCUT2D eigenvalue weighted by molar-refractivity contribution is 5.84. The Balaban J connectivity index is 2.00. The molecule has 30 heavy (non-hydrogen) atoms. The molecular weight excluding hydrogens is 378 g/mol. The van der Waals surface area contributed by atoms with Crippen LogP contribution in [0.25, 0.3) is 0 Å². The quantitative estimate of drug-likeness (QED) is 0.514. The van der Waals surface area contributed by atoms with Gasteiger partial charge in [-0.2, -0.15) is 0 Å². The van der Waals surface area contributed by atoms with E-state index in [0.29, 0.717) is 0 Å². The molecule has 0 aromatic heterocycles. The number of hydrogen-bond acceptors (Lipinski definition) is 5. The molecule has 1 aliphatic rings. The van der Waals surface area contributed by atoms with Crippen molar-refractivity contribution in [1.29, 1.82) is 0 Å². The van der Waals surface area contributed by atoms with Crippen molar-refractivity contribution in [1.82, 2.24) is 0 Å². The highest BCUT2D eigenvalue weighted by Gasteiger charge is 2.49. The number of para-hydroxylation sites is 4.